The van der Waals surface area contributed by atoms with Gasteiger partial charge in [-0.25, -0.2) is 4.79 Å². The van der Waals surface area contributed by atoms with E-state index < -0.39 is 14.2 Å². The molecule has 0 aliphatic carbocycles. The number of nitrogens with one attached hydrogen (secondary N) is 1. The fraction of sp³-hybridized carbons (Fsp3) is 0.941. The minimum Gasteiger partial charge on any atom is -0.450 e. The Kier molecular flexibility index (Phi) is 7.55. The first kappa shape index (κ1) is 20.5. The van der Waals surface area contributed by atoms with Gasteiger partial charge in [-0.2, -0.15) is 0 Å². The highest BCUT2D eigenvalue weighted by molar-refractivity contribution is 6.77. The fourth-order valence-electron chi connectivity index (χ4n) is 3.34. The number of unbranched alkanes of at least 4 members (excludes halogenated alkanes) is 1. The summed E-state index contributed by atoms with van der Waals surface area (Å²) in [4.78, 5) is 10.6. The maximum atomic E-state index is 10.6. The van der Waals surface area contributed by atoms with Crippen LogP contribution in [0.4, 0.5) is 4.79 Å². The molecule has 0 radical (unpaired) electrons. The number of amides is 1. The van der Waals surface area contributed by atoms with Crippen LogP contribution in [0.2, 0.25) is 19.6 Å². The van der Waals surface area contributed by atoms with E-state index in [1.54, 1.807) is 0 Å². The molecule has 0 aromatic carbocycles. The summed E-state index contributed by atoms with van der Waals surface area (Å²) in [7, 11) is -1.23. The van der Waals surface area contributed by atoms with Gasteiger partial charge in [-0.15, -0.1) is 0 Å². The fourth-order valence-corrected chi connectivity index (χ4v) is 4.08. The number of carbonyl (C=O) groups excluding carboxylic acids is 1. The van der Waals surface area contributed by atoms with Gasteiger partial charge in [-0.05, 0) is 51.1 Å². The van der Waals surface area contributed by atoms with Gasteiger partial charge in [-0.3, -0.25) is 5.32 Å². The van der Waals surface area contributed by atoms with Gasteiger partial charge in [-0.1, -0.05) is 33.0 Å². The quantitative estimate of drug-likeness (QED) is 0.521. The van der Waals surface area contributed by atoms with Crippen LogP contribution >= 0.6 is 0 Å². The van der Waals surface area contributed by atoms with E-state index in [2.05, 4.69) is 45.7 Å². The van der Waals surface area contributed by atoms with Gasteiger partial charge in [0, 0.05) is 0 Å². The lowest BCUT2D eigenvalue weighted by Crippen LogP contribution is -2.60. The molecule has 1 aliphatic heterocycles. The molecule has 23 heavy (non-hydrogen) atoms. The van der Waals surface area contributed by atoms with E-state index in [4.69, 9.17) is 15.2 Å². The molecular weight excluding hydrogens is 308 g/mol. The first-order valence-corrected chi connectivity index (χ1v) is 12.5. The van der Waals surface area contributed by atoms with Gasteiger partial charge in [0.05, 0.1) is 20.8 Å². The van der Waals surface area contributed by atoms with E-state index >= 15 is 0 Å². The van der Waals surface area contributed by atoms with Crippen LogP contribution in [0, 0.1) is 5.92 Å². The Labute approximate surface area is 142 Å². The summed E-state index contributed by atoms with van der Waals surface area (Å²) in [6.45, 7) is 14.2. The lowest BCUT2D eigenvalue weighted by atomic mass is 9.85. The van der Waals surface area contributed by atoms with Gasteiger partial charge < -0.3 is 15.2 Å². The van der Waals surface area contributed by atoms with Crippen molar-refractivity contribution in [3.63, 3.8) is 0 Å². The number of nitrogens with two attached hydrogens (primary N) is 1. The summed E-state index contributed by atoms with van der Waals surface area (Å²) in [5.74, 6) is 0.652. The minimum atomic E-state index is -1.23. The standard InChI is InChI=1S/C17H36N2O3Si/c1-13-11-15(9-7-8-10-21-16(18)20)12-17(3,22-13)19-14(2)23(4,5)6/h13-15,19H,7-12H2,1-6H3,(H2,18,20). The molecule has 6 heteroatoms. The predicted molar refractivity (Wildman–Crippen MR) is 97.0 cm³/mol. The normalized spacial score (nSPS) is 30.0. The third-order valence-corrected chi connectivity index (χ3v) is 7.62. The molecular formula is C17H36N2O3Si. The second-order valence-electron chi connectivity index (χ2n) is 8.36. The molecule has 4 atom stereocenters. The smallest absolute Gasteiger partial charge is 0.404 e. The van der Waals surface area contributed by atoms with Crippen LogP contribution in [0.5, 0.6) is 0 Å². The molecule has 1 amide bonds. The van der Waals surface area contributed by atoms with Gasteiger partial charge in [0.2, 0.25) is 0 Å². The SMILES string of the molecule is CC1CC(CCCCOC(N)=O)CC(C)(NC(C)[Si](C)(C)C)O1. The molecule has 4 unspecified atom stereocenters. The maximum Gasteiger partial charge on any atom is 0.404 e. The molecule has 1 heterocycles. The molecule has 3 N–H and O–H groups in total. The van der Waals surface area contributed by atoms with E-state index in [0.717, 1.165) is 32.1 Å². The summed E-state index contributed by atoms with van der Waals surface area (Å²) in [5.41, 5.74) is 5.26. The zero-order valence-electron chi connectivity index (χ0n) is 15.8. The average molecular weight is 345 g/mol. The summed E-state index contributed by atoms with van der Waals surface area (Å²) in [5, 5.41) is 3.77. The van der Waals surface area contributed by atoms with Crippen molar-refractivity contribution in [2.45, 2.75) is 90.0 Å². The molecule has 0 spiro atoms. The zero-order chi connectivity index (χ0) is 17.7. The molecule has 136 valence electrons. The largest absolute Gasteiger partial charge is 0.450 e. The number of ether oxygens (including phenoxy) is 2. The van der Waals surface area contributed by atoms with Crippen LogP contribution in [-0.2, 0) is 9.47 Å². The molecule has 0 aromatic rings. The summed E-state index contributed by atoms with van der Waals surface area (Å²) in [6, 6.07) is 0. The Morgan fingerprint density at radius 3 is 2.65 bits per heavy atom. The number of carbonyl (C=O) groups is 1. The summed E-state index contributed by atoms with van der Waals surface area (Å²) >= 11 is 0. The lowest BCUT2D eigenvalue weighted by molar-refractivity contribution is -0.149. The van der Waals surface area contributed by atoms with Crippen molar-refractivity contribution in [3.05, 3.63) is 0 Å². The van der Waals surface area contributed by atoms with Crippen molar-refractivity contribution in [3.8, 4) is 0 Å². The number of primary amides is 1. The van der Waals surface area contributed by atoms with Crippen LogP contribution in [0.15, 0.2) is 0 Å². The highest BCUT2D eigenvalue weighted by atomic mass is 28.3. The van der Waals surface area contributed by atoms with Crippen LogP contribution in [-0.4, -0.2) is 38.3 Å². The first-order valence-electron chi connectivity index (χ1n) is 8.89. The van der Waals surface area contributed by atoms with Gasteiger partial charge in [0.15, 0.2) is 0 Å². The van der Waals surface area contributed by atoms with Gasteiger partial charge in [0.1, 0.15) is 5.72 Å². The van der Waals surface area contributed by atoms with E-state index in [1.807, 2.05) is 0 Å². The molecule has 0 aromatic heterocycles. The molecule has 1 aliphatic rings. The Hall–Kier alpha value is -0.593. The van der Waals surface area contributed by atoms with Gasteiger partial charge >= 0.3 is 6.09 Å². The van der Waals surface area contributed by atoms with Crippen molar-refractivity contribution < 1.29 is 14.3 Å². The Balaban J connectivity index is 2.46. The van der Waals surface area contributed by atoms with Crippen LogP contribution in [0.3, 0.4) is 0 Å². The van der Waals surface area contributed by atoms with Gasteiger partial charge in [0.25, 0.3) is 0 Å². The first-order chi connectivity index (χ1) is 10.5. The predicted octanol–water partition coefficient (Wildman–Crippen LogP) is 3.64. The summed E-state index contributed by atoms with van der Waals surface area (Å²) < 4.78 is 11.0. The van der Waals surface area contributed by atoms with Crippen molar-refractivity contribution in [2.75, 3.05) is 6.61 Å². The Morgan fingerprint density at radius 2 is 2.09 bits per heavy atom. The second kappa shape index (κ2) is 8.49. The van der Waals surface area contributed by atoms with E-state index in [-0.39, 0.29) is 11.8 Å². The Morgan fingerprint density at radius 1 is 1.43 bits per heavy atom. The topological polar surface area (TPSA) is 73.6 Å². The van der Waals surface area contributed by atoms with Crippen molar-refractivity contribution in [1.29, 1.82) is 0 Å². The average Bonchev–Trinajstić information content (AvgIpc) is 2.35. The molecule has 5 nitrogen and oxygen atoms in total. The molecule has 0 bridgehead atoms. The molecule has 1 fully saturated rings. The zero-order valence-corrected chi connectivity index (χ0v) is 16.8. The van der Waals surface area contributed by atoms with Crippen LogP contribution in [0.25, 0.3) is 0 Å². The second-order valence-corrected chi connectivity index (χ2v) is 14.0. The molecule has 1 saturated heterocycles. The van der Waals surface area contributed by atoms with E-state index in [9.17, 15) is 4.79 Å². The highest BCUT2D eigenvalue weighted by Crippen LogP contribution is 2.34. The highest BCUT2D eigenvalue weighted by Gasteiger charge is 2.39. The molecule has 1 rings (SSSR count). The van der Waals surface area contributed by atoms with Crippen LogP contribution < -0.4 is 11.1 Å². The third-order valence-electron chi connectivity index (χ3n) is 4.88. The third kappa shape index (κ3) is 7.68. The number of hydrogen-bond donors (Lipinski definition) is 2. The molecule has 0 saturated carbocycles. The Bertz CT molecular complexity index is 387. The van der Waals surface area contributed by atoms with Crippen molar-refractivity contribution in [1.82, 2.24) is 5.32 Å². The maximum absolute atomic E-state index is 10.6. The minimum absolute atomic E-state index is 0.230. The van der Waals surface area contributed by atoms with E-state index in [0.29, 0.717) is 18.2 Å². The number of rotatable bonds is 8. The number of hydrogen-bond acceptors (Lipinski definition) is 4. The van der Waals surface area contributed by atoms with Crippen molar-refractivity contribution >= 4 is 14.2 Å². The van der Waals surface area contributed by atoms with Crippen LogP contribution in [0.1, 0.15) is 52.9 Å². The van der Waals surface area contributed by atoms with E-state index in [1.165, 1.54) is 0 Å². The summed E-state index contributed by atoms with van der Waals surface area (Å²) in [6.07, 6.45) is 4.84. The lowest BCUT2D eigenvalue weighted by Gasteiger charge is -2.45. The monoisotopic (exact) mass is 344 g/mol. The van der Waals surface area contributed by atoms with Crippen molar-refractivity contribution in [2.24, 2.45) is 11.7 Å².